The van der Waals surface area contributed by atoms with Crippen molar-refractivity contribution in [3.8, 4) is 112 Å². The van der Waals surface area contributed by atoms with Crippen molar-refractivity contribution in [3.05, 3.63) is 340 Å². The van der Waals surface area contributed by atoms with Crippen molar-refractivity contribution in [2.24, 2.45) is 0 Å². The molecule has 402 valence electrons. The Morgan fingerprint density at radius 2 is 0.384 bits per heavy atom. The van der Waals surface area contributed by atoms with Gasteiger partial charge >= 0.3 is 0 Å². The van der Waals surface area contributed by atoms with Crippen LogP contribution in [0.25, 0.3) is 155 Å². The van der Waals surface area contributed by atoms with Crippen molar-refractivity contribution >= 4 is 43.6 Å². The first-order valence-corrected chi connectivity index (χ1v) is 29.6. The van der Waals surface area contributed by atoms with Crippen LogP contribution >= 0.6 is 0 Å². The standard InChI is InChI=1S/C84H56N2/c1-9-25-57(26-10-1)67-45-68(58-27-11-2-12-28-58)48-73(47-67)85-81-43-41-65(51-77(81)79-55-71(61-33-17-5-18-34-61)53-75(83(79)85)63-37-21-7-22-38-63)66-42-44-82-78(52-66)80-56-72(62-35-19-6-20-36-62)54-76(64-39-23-8-24-40-64)84(80)86(82)74-49-69(59-29-13-3-14-30-59)46-70(50-74)60-31-15-4-16-32-60/h1-56H. The number of hydrogen-bond acceptors (Lipinski definition) is 0. The van der Waals surface area contributed by atoms with Gasteiger partial charge in [-0.05, 0) is 174 Å². The predicted molar refractivity (Wildman–Crippen MR) is 364 cm³/mol. The summed E-state index contributed by atoms with van der Waals surface area (Å²) in [5.41, 5.74) is 27.9. The van der Waals surface area contributed by atoms with Crippen LogP contribution in [0.3, 0.4) is 0 Å². The Morgan fingerprint density at radius 3 is 0.651 bits per heavy atom. The van der Waals surface area contributed by atoms with Crippen molar-refractivity contribution in [1.29, 1.82) is 0 Å². The zero-order valence-electron chi connectivity index (χ0n) is 47.2. The molecule has 0 amide bonds. The average molecular weight is 1090 g/mol. The highest BCUT2D eigenvalue weighted by atomic mass is 15.0. The molecule has 0 radical (unpaired) electrons. The highest BCUT2D eigenvalue weighted by Gasteiger charge is 2.24. The maximum Gasteiger partial charge on any atom is 0.0619 e. The summed E-state index contributed by atoms with van der Waals surface area (Å²) < 4.78 is 5.06. The van der Waals surface area contributed by atoms with Crippen molar-refractivity contribution in [3.63, 3.8) is 0 Å². The summed E-state index contributed by atoms with van der Waals surface area (Å²) >= 11 is 0. The minimum absolute atomic E-state index is 1.10. The molecule has 0 aliphatic carbocycles. The van der Waals surface area contributed by atoms with Gasteiger partial charge in [-0.1, -0.05) is 255 Å². The van der Waals surface area contributed by atoms with Crippen molar-refractivity contribution in [1.82, 2.24) is 9.13 Å². The third-order valence-corrected chi connectivity index (χ3v) is 17.2. The number of nitrogens with zero attached hydrogens (tertiary/aromatic N) is 2. The Bertz CT molecular complexity index is 4700. The number of rotatable bonds is 11. The molecule has 86 heavy (non-hydrogen) atoms. The average Bonchev–Trinajstić information content (AvgIpc) is 1.78. The molecule has 2 heteroatoms. The molecule has 0 aliphatic heterocycles. The van der Waals surface area contributed by atoms with Crippen molar-refractivity contribution in [2.45, 2.75) is 0 Å². The Kier molecular flexibility index (Phi) is 12.6. The quantitative estimate of drug-likeness (QED) is 0.122. The monoisotopic (exact) mass is 1090 g/mol. The minimum Gasteiger partial charge on any atom is -0.309 e. The van der Waals surface area contributed by atoms with Gasteiger partial charge in [-0.3, -0.25) is 0 Å². The topological polar surface area (TPSA) is 9.86 Å². The van der Waals surface area contributed by atoms with E-state index in [1.165, 1.54) is 99.3 Å². The molecule has 0 fully saturated rings. The van der Waals surface area contributed by atoms with Crippen molar-refractivity contribution < 1.29 is 0 Å². The van der Waals surface area contributed by atoms with Gasteiger partial charge in [-0.15, -0.1) is 0 Å². The van der Waals surface area contributed by atoms with Gasteiger partial charge in [0.15, 0.2) is 0 Å². The van der Waals surface area contributed by atoms with Gasteiger partial charge in [0.2, 0.25) is 0 Å². The Balaban J connectivity index is 0.983. The van der Waals surface area contributed by atoms with Crippen LogP contribution in [-0.4, -0.2) is 9.13 Å². The number of hydrogen-bond donors (Lipinski definition) is 0. The molecule has 2 nitrogen and oxygen atoms in total. The lowest BCUT2D eigenvalue weighted by atomic mass is 9.94. The second-order valence-corrected chi connectivity index (χ2v) is 22.4. The molecule has 16 aromatic rings. The molecular weight excluding hydrogens is 1040 g/mol. The summed E-state index contributed by atoms with van der Waals surface area (Å²) in [4.78, 5) is 0. The van der Waals surface area contributed by atoms with Crippen LogP contribution in [0.4, 0.5) is 0 Å². The molecule has 14 aromatic carbocycles. The maximum atomic E-state index is 2.53. The first kappa shape index (κ1) is 50.4. The number of aromatic nitrogens is 2. The van der Waals surface area contributed by atoms with Crippen LogP contribution < -0.4 is 0 Å². The minimum atomic E-state index is 1.10. The summed E-state index contributed by atoms with van der Waals surface area (Å²) in [5.74, 6) is 0. The van der Waals surface area contributed by atoms with Gasteiger partial charge < -0.3 is 9.13 Å². The zero-order valence-corrected chi connectivity index (χ0v) is 47.2. The first-order chi connectivity index (χ1) is 42.6. The fourth-order valence-corrected chi connectivity index (χ4v) is 13.1. The summed E-state index contributed by atoms with van der Waals surface area (Å²) in [7, 11) is 0. The Labute approximate surface area is 501 Å². The lowest BCUT2D eigenvalue weighted by Gasteiger charge is -2.17. The normalized spacial score (nSPS) is 11.5. The van der Waals surface area contributed by atoms with Crippen LogP contribution in [0.5, 0.6) is 0 Å². The zero-order chi connectivity index (χ0) is 56.9. The van der Waals surface area contributed by atoms with Crippen LogP contribution in [0.2, 0.25) is 0 Å². The van der Waals surface area contributed by atoms with E-state index in [-0.39, 0.29) is 0 Å². The molecule has 0 bridgehead atoms. The Hall–Kier alpha value is -11.3. The molecule has 2 heterocycles. The lowest BCUT2D eigenvalue weighted by molar-refractivity contribution is 1.18. The molecule has 0 N–H and O–H groups in total. The van der Waals surface area contributed by atoms with E-state index in [0.717, 1.165) is 55.8 Å². The summed E-state index contributed by atoms with van der Waals surface area (Å²) in [6.07, 6.45) is 0. The molecule has 0 spiro atoms. The SMILES string of the molecule is c1ccc(-c2cc(-c3ccccc3)cc(-n3c4ccc(-c5ccc6c(c5)c5cc(-c7ccccc7)cc(-c7ccccc7)c5n6-c5cc(-c6ccccc6)cc(-c6ccccc6)c5)cc4c4cc(-c5ccccc5)cc(-c5ccccc5)c43)c2)cc1. The van der Waals surface area contributed by atoms with E-state index in [4.69, 9.17) is 0 Å². The largest absolute Gasteiger partial charge is 0.309 e. The lowest BCUT2D eigenvalue weighted by Crippen LogP contribution is -1.98. The predicted octanol–water partition coefficient (Wildman–Crippen LogP) is 22.9. The van der Waals surface area contributed by atoms with E-state index in [9.17, 15) is 0 Å². The molecule has 2 aromatic heterocycles. The van der Waals surface area contributed by atoms with E-state index in [0.29, 0.717) is 0 Å². The third-order valence-electron chi connectivity index (χ3n) is 17.2. The van der Waals surface area contributed by atoms with Gasteiger partial charge in [0.25, 0.3) is 0 Å². The molecule has 0 aliphatic rings. The highest BCUT2D eigenvalue weighted by molar-refractivity contribution is 6.18. The molecule has 0 saturated carbocycles. The molecule has 0 atom stereocenters. The fraction of sp³-hybridized carbons (Fsp3) is 0. The van der Waals surface area contributed by atoms with E-state index in [1.807, 2.05) is 0 Å². The molecular formula is C84H56N2. The summed E-state index contributed by atoms with van der Waals surface area (Å²) in [6, 6.07) is 125. The Morgan fingerprint density at radius 1 is 0.151 bits per heavy atom. The smallest absolute Gasteiger partial charge is 0.0619 e. The van der Waals surface area contributed by atoms with E-state index < -0.39 is 0 Å². The van der Waals surface area contributed by atoms with Gasteiger partial charge in [-0.2, -0.15) is 0 Å². The molecule has 0 saturated heterocycles. The van der Waals surface area contributed by atoms with Gasteiger partial charge in [0.1, 0.15) is 0 Å². The second-order valence-electron chi connectivity index (χ2n) is 22.4. The highest BCUT2D eigenvalue weighted by Crippen LogP contribution is 2.47. The number of fused-ring (bicyclic) bond motifs is 6. The van der Waals surface area contributed by atoms with Gasteiger partial charge in [0, 0.05) is 44.0 Å². The van der Waals surface area contributed by atoms with E-state index >= 15 is 0 Å². The molecule has 0 unspecified atom stereocenters. The van der Waals surface area contributed by atoms with Crippen LogP contribution in [0, 0.1) is 0 Å². The first-order valence-electron chi connectivity index (χ1n) is 29.6. The van der Waals surface area contributed by atoms with E-state index in [2.05, 4.69) is 349 Å². The van der Waals surface area contributed by atoms with Gasteiger partial charge in [0.05, 0.1) is 22.1 Å². The van der Waals surface area contributed by atoms with Crippen molar-refractivity contribution in [2.75, 3.05) is 0 Å². The van der Waals surface area contributed by atoms with Gasteiger partial charge in [-0.25, -0.2) is 0 Å². The van der Waals surface area contributed by atoms with Crippen LogP contribution in [0.15, 0.2) is 340 Å². The second kappa shape index (κ2) is 21.5. The van der Waals surface area contributed by atoms with Crippen LogP contribution in [-0.2, 0) is 0 Å². The summed E-state index contributed by atoms with van der Waals surface area (Å²) in [6.45, 7) is 0. The fourth-order valence-electron chi connectivity index (χ4n) is 13.1. The van der Waals surface area contributed by atoms with Crippen LogP contribution in [0.1, 0.15) is 0 Å². The summed E-state index contributed by atoms with van der Waals surface area (Å²) in [5, 5.41) is 4.76. The maximum absolute atomic E-state index is 2.53. The number of benzene rings is 14. The molecule has 16 rings (SSSR count). The van der Waals surface area contributed by atoms with E-state index in [1.54, 1.807) is 0 Å². The third kappa shape index (κ3) is 9.09.